The van der Waals surface area contributed by atoms with E-state index in [2.05, 4.69) is 32.7 Å². The Bertz CT molecular complexity index is 649. The maximum Gasteiger partial charge on any atom is 0.315 e. The molecule has 118 valence electrons. The minimum Gasteiger partial charge on any atom is -0.337 e. The van der Waals surface area contributed by atoms with Gasteiger partial charge >= 0.3 is 6.03 Å². The summed E-state index contributed by atoms with van der Waals surface area (Å²) in [6.07, 6.45) is 3.15. The molecule has 1 aliphatic rings. The number of urea groups is 1. The van der Waals surface area contributed by atoms with E-state index in [0.717, 1.165) is 35.8 Å². The molecule has 0 aliphatic heterocycles. The van der Waals surface area contributed by atoms with Gasteiger partial charge in [-0.15, -0.1) is 11.3 Å². The van der Waals surface area contributed by atoms with Crippen molar-refractivity contribution in [3.05, 3.63) is 27.8 Å². The van der Waals surface area contributed by atoms with Crippen LogP contribution in [-0.2, 0) is 13.0 Å². The standard InChI is InChI=1S/C14H19N5O2S/c1-3-12-17-10(7-22-12)8(2)16-14(20)15-6-11-18-13(19-21-11)9-4-5-9/h7-9H,3-6H2,1-2H3,(H2,15,16,20)/t8-/m0/s1. The van der Waals surface area contributed by atoms with Crippen molar-refractivity contribution >= 4 is 17.4 Å². The predicted molar refractivity (Wildman–Crippen MR) is 81.6 cm³/mol. The van der Waals surface area contributed by atoms with Crippen LogP contribution in [0, 0.1) is 0 Å². The van der Waals surface area contributed by atoms with Crippen LogP contribution in [0.25, 0.3) is 0 Å². The van der Waals surface area contributed by atoms with Gasteiger partial charge in [-0.3, -0.25) is 0 Å². The number of nitrogens with zero attached hydrogens (tertiary/aromatic N) is 3. The van der Waals surface area contributed by atoms with Gasteiger partial charge in [-0.2, -0.15) is 4.98 Å². The summed E-state index contributed by atoms with van der Waals surface area (Å²) < 4.78 is 5.11. The van der Waals surface area contributed by atoms with Gasteiger partial charge in [-0.25, -0.2) is 9.78 Å². The first-order valence-electron chi connectivity index (χ1n) is 7.46. The Morgan fingerprint density at radius 1 is 1.50 bits per heavy atom. The van der Waals surface area contributed by atoms with Crippen LogP contribution in [-0.4, -0.2) is 21.2 Å². The molecule has 1 fully saturated rings. The molecule has 1 saturated carbocycles. The first kappa shape index (κ1) is 15.0. The van der Waals surface area contributed by atoms with Crippen LogP contribution in [0.1, 0.15) is 61.1 Å². The molecule has 2 aromatic rings. The predicted octanol–water partition coefficient (Wildman–Crippen LogP) is 2.53. The summed E-state index contributed by atoms with van der Waals surface area (Å²) >= 11 is 1.61. The zero-order valence-corrected chi connectivity index (χ0v) is 13.4. The number of nitrogens with one attached hydrogen (secondary N) is 2. The SMILES string of the molecule is CCc1nc([C@H](C)NC(=O)NCc2nc(C3CC3)no2)cs1. The molecule has 0 aromatic carbocycles. The van der Waals surface area contributed by atoms with E-state index in [1.54, 1.807) is 11.3 Å². The van der Waals surface area contributed by atoms with E-state index in [0.29, 0.717) is 11.8 Å². The smallest absolute Gasteiger partial charge is 0.315 e. The Balaban J connectivity index is 1.46. The van der Waals surface area contributed by atoms with Crippen LogP contribution >= 0.6 is 11.3 Å². The van der Waals surface area contributed by atoms with Crippen LogP contribution < -0.4 is 10.6 Å². The van der Waals surface area contributed by atoms with Gasteiger partial charge in [0.15, 0.2) is 5.82 Å². The fourth-order valence-corrected chi connectivity index (χ4v) is 2.85. The molecule has 2 N–H and O–H groups in total. The molecular weight excluding hydrogens is 302 g/mol. The lowest BCUT2D eigenvalue weighted by Crippen LogP contribution is -2.36. The highest BCUT2D eigenvalue weighted by atomic mass is 32.1. The van der Waals surface area contributed by atoms with E-state index in [9.17, 15) is 4.79 Å². The van der Waals surface area contributed by atoms with Crippen molar-refractivity contribution < 1.29 is 9.32 Å². The van der Waals surface area contributed by atoms with Crippen molar-refractivity contribution in [2.45, 2.75) is 51.6 Å². The first-order chi connectivity index (χ1) is 10.7. The van der Waals surface area contributed by atoms with Crippen LogP contribution in [0.3, 0.4) is 0 Å². The molecule has 1 atom stereocenters. The summed E-state index contributed by atoms with van der Waals surface area (Å²) in [5.41, 5.74) is 0.880. The van der Waals surface area contributed by atoms with E-state index in [1.807, 2.05) is 12.3 Å². The monoisotopic (exact) mass is 321 g/mol. The van der Waals surface area contributed by atoms with Crippen LogP contribution in [0.2, 0.25) is 0 Å². The largest absolute Gasteiger partial charge is 0.337 e. The number of amides is 2. The van der Waals surface area contributed by atoms with E-state index >= 15 is 0 Å². The van der Waals surface area contributed by atoms with Gasteiger partial charge in [0.05, 0.1) is 23.3 Å². The van der Waals surface area contributed by atoms with Crippen LogP contribution in [0.5, 0.6) is 0 Å². The molecule has 0 unspecified atom stereocenters. The molecule has 8 heteroatoms. The summed E-state index contributed by atoms with van der Waals surface area (Å²) in [4.78, 5) is 20.6. The molecule has 22 heavy (non-hydrogen) atoms. The number of carbonyl (C=O) groups is 1. The summed E-state index contributed by atoms with van der Waals surface area (Å²) in [5.74, 6) is 1.63. The number of aryl methyl sites for hydroxylation is 1. The molecule has 3 rings (SSSR count). The van der Waals surface area contributed by atoms with Gasteiger partial charge in [0, 0.05) is 11.3 Å². The van der Waals surface area contributed by atoms with Crippen molar-refractivity contribution in [3.8, 4) is 0 Å². The molecule has 2 aromatic heterocycles. The van der Waals surface area contributed by atoms with Crippen molar-refractivity contribution in [2.24, 2.45) is 0 Å². The molecule has 2 amide bonds. The molecular formula is C14H19N5O2S. The second-order valence-electron chi connectivity index (χ2n) is 5.39. The third-order valence-electron chi connectivity index (χ3n) is 3.49. The average Bonchev–Trinajstić information content (AvgIpc) is 3.07. The van der Waals surface area contributed by atoms with Crippen molar-refractivity contribution in [2.75, 3.05) is 0 Å². The highest BCUT2D eigenvalue weighted by Gasteiger charge is 2.28. The number of hydrogen-bond acceptors (Lipinski definition) is 6. The Morgan fingerprint density at radius 2 is 2.32 bits per heavy atom. The third kappa shape index (κ3) is 3.62. The molecule has 1 aliphatic carbocycles. The van der Waals surface area contributed by atoms with Gasteiger partial charge in [-0.05, 0) is 26.2 Å². The number of thiazole rings is 1. The van der Waals surface area contributed by atoms with Crippen molar-refractivity contribution in [1.29, 1.82) is 0 Å². The Kier molecular flexibility index (Phi) is 4.37. The molecule has 0 bridgehead atoms. The maximum atomic E-state index is 11.9. The first-order valence-corrected chi connectivity index (χ1v) is 8.34. The van der Waals surface area contributed by atoms with Gasteiger partial charge in [-0.1, -0.05) is 12.1 Å². The minimum absolute atomic E-state index is 0.138. The second kappa shape index (κ2) is 6.43. The summed E-state index contributed by atoms with van der Waals surface area (Å²) in [6.45, 7) is 4.20. The third-order valence-corrected chi connectivity index (χ3v) is 4.50. The number of carbonyl (C=O) groups excluding carboxylic acids is 1. The van der Waals surface area contributed by atoms with Gasteiger partial charge in [0.2, 0.25) is 5.89 Å². The van der Waals surface area contributed by atoms with E-state index in [-0.39, 0.29) is 18.6 Å². The zero-order valence-electron chi connectivity index (χ0n) is 12.6. The second-order valence-corrected chi connectivity index (χ2v) is 6.33. The lowest BCUT2D eigenvalue weighted by molar-refractivity contribution is 0.235. The highest BCUT2D eigenvalue weighted by Crippen LogP contribution is 2.38. The lowest BCUT2D eigenvalue weighted by atomic mass is 10.3. The fourth-order valence-electron chi connectivity index (χ4n) is 2.01. The summed E-state index contributed by atoms with van der Waals surface area (Å²) in [7, 11) is 0. The lowest BCUT2D eigenvalue weighted by Gasteiger charge is -2.11. The normalized spacial score (nSPS) is 15.5. The molecule has 0 saturated heterocycles. The van der Waals surface area contributed by atoms with Crippen LogP contribution in [0.4, 0.5) is 4.79 Å². The quantitative estimate of drug-likeness (QED) is 0.853. The van der Waals surface area contributed by atoms with Crippen molar-refractivity contribution in [3.63, 3.8) is 0 Å². The van der Waals surface area contributed by atoms with Gasteiger partial charge in [0.1, 0.15) is 0 Å². The average molecular weight is 321 g/mol. The van der Waals surface area contributed by atoms with E-state index in [4.69, 9.17) is 4.52 Å². The molecule has 0 spiro atoms. The molecule has 7 nitrogen and oxygen atoms in total. The Morgan fingerprint density at radius 3 is 3.00 bits per heavy atom. The van der Waals surface area contributed by atoms with Crippen molar-refractivity contribution in [1.82, 2.24) is 25.8 Å². The number of rotatable bonds is 6. The Hall–Kier alpha value is -1.96. The van der Waals surface area contributed by atoms with E-state index in [1.165, 1.54) is 0 Å². The van der Waals surface area contributed by atoms with Gasteiger partial charge < -0.3 is 15.2 Å². The zero-order chi connectivity index (χ0) is 15.5. The highest BCUT2D eigenvalue weighted by molar-refractivity contribution is 7.09. The molecule has 2 heterocycles. The topological polar surface area (TPSA) is 92.9 Å². The fraction of sp³-hybridized carbons (Fsp3) is 0.571. The summed E-state index contributed by atoms with van der Waals surface area (Å²) in [6, 6.07) is -0.411. The van der Waals surface area contributed by atoms with Crippen LogP contribution in [0.15, 0.2) is 9.90 Å². The number of hydrogen-bond donors (Lipinski definition) is 2. The maximum absolute atomic E-state index is 11.9. The van der Waals surface area contributed by atoms with Gasteiger partial charge in [0.25, 0.3) is 0 Å². The van der Waals surface area contributed by atoms with E-state index < -0.39 is 0 Å². The molecule has 0 radical (unpaired) electrons. The Labute approximate surface area is 132 Å². The summed E-state index contributed by atoms with van der Waals surface area (Å²) in [5, 5.41) is 12.5. The minimum atomic E-state index is -0.273. The number of aromatic nitrogens is 3.